The maximum atomic E-state index is 13.1. The third-order valence-corrected chi connectivity index (χ3v) is 8.25. The molecule has 0 fully saturated rings. The SMILES string of the molecule is CN(Cc1ccccc1)c1nc(OS(=O)(=O)c2ccc(C#N)cc2)c2c3c(sc2n1)CCCC3. The smallest absolute Gasteiger partial charge is 0.340 e. The van der Waals surface area contributed by atoms with Crippen LogP contribution in [0.25, 0.3) is 10.2 Å². The van der Waals surface area contributed by atoms with Crippen LogP contribution in [-0.2, 0) is 29.5 Å². The van der Waals surface area contributed by atoms with Crippen molar-refractivity contribution in [1.29, 1.82) is 5.26 Å². The predicted octanol–water partition coefficient (Wildman–Crippen LogP) is 4.85. The molecule has 1 aliphatic carbocycles. The second-order valence-electron chi connectivity index (χ2n) is 8.24. The van der Waals surface area contributed by atoms with Gasteiger partial charge in [0.1, 0.15) is 9.73 Å². The molecule has 0 aliphatic heterocycles. The summed E-state index contributed by atoms with van der Waals surface area (Å²) in [5, 5.41) is 9.70. The molecule has 0 bridgehead atoms. The number of nitrogens with zero attached hydrogens (tertiary/aromatic N) is 4. The standard InChI is InChI=1S/C25H22N4O3S2/c1-29(16-18-7-3-2-4-8-18)25-27-23(22-20-9-5-6-10-21(20)33-24(22)28-25)32-34(30,31)19-13-11-17(15-26)12-14-19/h2-4,7-8,11-14H,5-6,9-10,16H2,1H3. The molecule has 0 radical (unpaired) electrons. The number of thiophene rings is 1. The summed E-state index contributed by atoms with van der Waals surface area (Å²) in [4.78, 5) is 13.2. The van der Waals surface area contributed by atoms with Crippen LogP contribution >= 0.6 is 11.3 Å². The Bertz CT molecular complexity index is 1490. The van der Waals surface area contributed by atoms with Gasteiger partial charge in [0.15, 0.2) is 0 Å². The summed E-state index contributed by atoms with van der Waals surface area (Å²) in [6.07, 6.45) is 3.95. The summed E-state index contributed by atoms with van der Waals surface area (Å²) in [5.41, 5.74) is 2.56. The first-order chi connectivity index (χ1) is 16.4. The van der Waals surface area contributed by atoms with Gasteiger partial charge in [-0.25, -0.2) is 4.98 Å². The second kappa shape index (κ2) is 9.05. The lowest BCUT2D eigenvalue weighted by molar-refractivity contribution is 0.478. The lowest BCUT2D eigenvalue weighted by atomic mass is 9.97. The molecule has 0 atom stereocenters. The van der Waals surface area contributed by atoms with E-state index >= 15 is 0 Å². The Morgan fingerprint density at radius 3 is 2.53 bits per heavy atom. The fourth-order valence-corrected chi connectivity index (χ4v) is 6.26. The van der Waals surface area contributed by atoms with Crippen molar-refractivity contribution in [3.8, 4) is 11.9 Å². The number of hydrogen-bond donors (Lipinski definition) is 0. The van der Waals surface area contributed by atoms with Crippen LogP contribution in [0.5, 0.6) is 5.88 Å². The molecule has 0 spiro atoms. The molecule has 2 heterocycles. The van der Waals surface area contributed by atoms with E-state index in [9.17, 15) is 8.42 Å². The normalized spacial score (nSPS) is 13.3. The zero-order chi connectivity index (χ0) is 23.7. The Kier molecular flexibility index (Phi) is 5.94. The van der Waals surface area contributed by atoms with E-state index in [1.54, 1.807) is 11.3 Å². The number of hydrogen-bond acceptors (Lipinski definition) is 8. The number of anilines is 1. The average Bonchev–Trinajstić information content (AvgIpc) is 3.23. The van der Waals surface area contributed by atoms with Crippen molar-refractivity contribution in [3.63, 3.8) is 0 Å². The molecule has 34 heavy (non-hydrogen) atoms. The van der Waals surface area contributed by atoms with Crippen LogP contribution in [0.4, 0.5) is 5.95 Å². The van der Waals surface area contributed by atoms with Crippen LogP contribution in [0.2, 0.25) is 0 Å². The van der Waals surface area contributed by atoms with Crippen molar-refractivity contribution < 1.29 is 12.6 Å². The van der Waals surface area contributed by atoms with Crippen LogP contribution in [0, 0.1) is 11.3 Å². The summed E-state index contributed by atoms with van der Waals surface area (Å²) in [6.45, 7) is 0.569. The van der Waals surface area contributed by atoms with Gasteiger partial charge in [-0.05, 0) is 61.1 Å². The van der Waals surface area contributed by atoms with Gasteiger partial charge >= 0.3 is 10.1 Å². The third-order valence-electron chi connectivity index (χ3n) is 5.83. The number of fused-ring (bicyclic) bond motifs is 3. The highest BCUT2D eigenvalue weighted by atomic mass is 32.2. The molecule has 0 saturated carbocycles. The summed E-state index contributed by atoms with van der Waals surface area (Å²) in [6, 6.07) is 17.6. The summed E-state index contributed by atoms with van der Waals surface area (Å²) in [7, 11) is -2.27. The average molecular weight is 491 g/mol. The third kappa shape index (κ3) is 4.34. The highest BCUT2D eigenvalue weighted by Crippen LogP contribution is 2.41. The highest BCUT2D eigenvalue weighted by Gasteiger charge is 2.26. The van der Waals surface area contributed by atoms with E-state index in [0.717, 1.165) is 41.6 Å². The van der Waals surface area contributed by atoms with Crippen LogP contribution in [0.15, 0.2) is 59.5 Å². The fraction of sp³-hybridized carbons (Fsp3) is 0.240. The van der Waals surface area contributed by atoms with Gasteiger partial charge in [0.2, 0.25) is 11.8 Å². The van der Waals surface area contributed by atoms with Crippen molar-refractivity contribution >= 4 is 37.6 Å². The van der Waals surface area contributed by atoms with Crippen molar-refractivity contribution in [2.75, 3.05) is 11.9 Å². The van der Waals surface area contributed by atoms with Gasteiger partial charge in [-0.3, -0.25) is 0 Å². The Morgan fingerprint density at radius 2 is 1.79 bits per heavy atom. The molecular formula is C25H22N4O3S2. The number of benzene rings is 2. The topological polar surface area (TPSA) is 96.2 Å². The van der Waals surface area contributed by atoms with Crippen LogP contribution < -0.4 is 9.08 Å². The summed E-state index contributed by atoms with van der Waals surface area (Å²) in [5.74, 6) is 0.462. The van der Waals surface area contributed by atoms with Gasteiger partial charge in [0.05, 0.1) is 17.0 Å². The van der Waals surface area contributed by atoms with Crippen LogP contribution in [0.1, 0.15) is 34.4 Å². The first-order valence-corrected chi connectivity index (χ1v) is 13.2. The van der Waals surface area contributed by atoms with Crippen molar-refractivity contribution in [1.82, 2.24) is 9.97 Å². The molecule has 2 aromatic carbocycles. The van der Waals surface area contributed by atoms with E-state index in [1.165, 1.54) is 29.1 Å². The molecule has 4 aromatic rings. The molecule has 0 N–H and O–H groups in total. The zero-order valence-electron chi connectivity index (χ0n) is 18.6. The molecule has 5 rings (SSSR count). The molecule has 2 aromatic heterocycles. The minimum Gasteiger partial charge on any atom is -0.357 e. The minimum absolute atomic E-state index is 0.0263. The molecular weight excluding hydrogens is 468 g/mol. The van der Waals surface area contributed by atoms with Gasteiger partial charge in [-0.1, -0.05) is 30.3 Å². The summed E-state index contributed by atoms with van der Waals surface area (Å²) < 4.78 is 31.9. The van der Waals surface area contributed by atoms with Crippen molar-refractivity contribution in [3.05, 3.63) is 76.2 Å². The van der Waals surface area contributed by atoms with Crippen molar-refractivity contribution in [2.24, 2.45) is 0 Å². The Labute approximate surface area is 202 Å². The molecule has 9 heteroatoms. The quantitative estimate of drug-likeness (QED) is 0.357. The first kappa shape index (κ1) is 22.3. The van der Waals surface area contributed by atoms with Gasteiger partial charge in [0.25, 0.3) is 0 Å². The maximum Gasteiger partial charge on any atom is 0.340 e. The van der Waals surface area contributed by atoms with E-state index in [0.29, 0.717) is 23.4 Å². The number of aryl methyl sites for hydroxylation is 2. The zero-order valence-corrected chi connectivity index (χ0v) is 20.2. The number of rotatable bonds is 6. The molecule has 7 nitrogen and oxygen atoms in total. The lowest BCUT2D eigenvalue weighted by Gasteiger charge is -2.18. The van der Waals surface area contributed by atoms with Gasteiger partial charge in [0, 0.05) is 18.5 Å². The van der Waals surface area contributed by atoms with Crippen LogP contribution in [0.3, 0.4) is 0 Å². The monoisotopic (exact) mass is 490 g/mol. The Morgan fingerprint density at radius 1 is 1.06 bits per heavy atom. The Balaban J connectivity index is 1.58. The number of aromatic nitrogens is 2. The van der Waals surface area contributed by atoms with Gasteiger partial charge in [-0.15, -0.1) is 11.3 Å². The highest BCUT2D eigenvalue weighted by molar-refractivity contribution is 7.87. The van der Waals surface area contributed by atoms with E-state index in [2.05, 4.69) is 4.98 Å². The minimum atomic E-state index is -4.15. The molecule has 0 amide bonds. The van der Waals surface area contributed by atoms with Gasteiger partial charge in [-0.2, -0.15) is 18.7 Å². The van der Waals surface area contributed by atoms with E-state index in [-0.39, 0.29) is 10.8 Å². The maximum absolute atomic E-state index is 13.1. The largest absolute Gasteiger partial charge is 0.357 e. The first-order valence-electron chi connectivity index (χ1n) is 11.0. The van der Waals surface area contributed by atoms with Gasteiger partial charge < -0.3 is 9.08 Å². The van der Waals surface area contributed by atoms with Crippen LogP contribution in [-0.4, -0.2) is 25.4 Å². The Hall–Kier alpha value is -3.48. The molecule has 0 saturated heterocycles. The van der Waals surface area contributed by atoms with E-state index in [1.807, 2.05) is 48.3 Å². The molecule has 1 aliphatic rings. The lowest BCUT2D eigenvalue weighted by Crippen LogP contribution is -2.20. The van der Waals surface area contributed by atoms with E-state index < -0.39 is 10.1 Å². The summed E-state index contributed by atoms with van der Waals surface area (Å²) >= 11 is 1.59. The molecule has 172 valence electrons. The fourth-order valence-electron chi connectivity index (χ4n) is 4.12. The van der Waals surface area contributed by atoms with E-state index in [4.69, 9.17) is 14.4 Å². The number of nitriles is 1. The molecule has 0 unspecified atom stereocenters. The van der Waals surface area contributed by atoms with Crippen molar-refractivity contribution in [2.45, 2.75) is 37.1 Å². The predicted molar refractivity (Wildman–Crippen MR) is 132 cm³/mol. The second-order valence-corrected chi connectivity index (χ2v) is 10.9.